The quantitative estimate of drug-likeness (QED) is 0.711. The Kier molecular flexibility index (Phi) is 5.34. The zero-order valence-corrected chi connectivity index (χ0v) is 15.6. The van der Waals surface area contributed by atoms with Crippen molar-refractivity contribution in [2.45, 2.75) is 18.8 Å². The number of hydrogen-bond acceptors (Lipinski definition) is 5. The highest BCUT2D eigenvalue weighted by Gasteiger charge is 2.18. The van der Waals surface area contributed by atoms with Gasteiger partial charge in [-0.3, -0.25) is 10.3 Å². The van der Waals surface area contributed by atoms with Gasteiger partial charge >= 0.3 is 6.03 Å². The number of benzene rings is 1. The summed E-state index contributed by atoms with van der Waals surface area (Å²) in [5.74, 6) is 1.51. The lowest BCUT2D eigenvalue weighted by Crippen LogP contribution is -2.21. The minimum atomic E-state index is -0.354. The number of hydrogen-bond donors (Lipinski definition) is 2. The van der Waals surface area contributed by atoms with Crippen LogP contribution in [0.2, 0.25) is 0 Å². The zero-order valence-electron chi connectivity index (χ0n) is 15.6. The molecule has 1 aromatic carbocycles. The van der Waals surface area contributed by atoms with E-state index in [1.807, 2.05) is 30.3 Å². The second-order valence-electron chi connectivity index (χ2n) is 6.68. The van der Waals surface area contributed by atoms with Crippen LogP contribution in [0.15, 0.2) is 48.7 Å². The number of pyridine rings is 2. The highest BCUT2D eigenvalue weighted by Crippen LogP contribution is 2.26. The lowest BCUT2D eigenvalue weighted by atomic mass is 9.98. The first-order valence-corrected chi connectivity index (χ1v) is 9.28. The summed E-state index contributed by atoms with van der Waals surface area (Å²) in [5.41, 5.74) is 2.36. The van der Waals surface area contributed by atoms with E-state index in [4.69, 9.17) is 9.47 Å². The van der Waals surface area contributed by atoms with Crippen molar-refractivity contribution in [2.75, 3.05) is 31.0 Å². The largest absolute Gasteiger partial charge is 0.497 e. The lowest BCUT2D eigenvalue weighted by Gasteiger charge is -2.21. The van der Waals surface area contributed by atoms with Gasteiger partial charge in [-0.15, -0.1) is 0 Å². The van der Waals surface area contributed by atoms with Gasteiger partial charge in [-0.1, -0.05) is 6.07 Å². The van der Waals surface area contributed by atoms with E-state index >= 15 is 0 Å². The van der Waals surface area contributed by atoms with Crippen LogP contribution in [0.3, 0.4) is 0 Å². The van der Waals surface area contributed by atoms with Crippen LogP contribution in [-0.2, 0) is 4.74 Å². The Balaban J connectivity index is 1.48. The number of rotatable bonds is 4. The molecule has 1 atom stereocenters. The third-order valence-electron chi connectivity index (χ3n) is 4.79. The number of urea groups is 1. The van der Waals surface area contributed by atoms with Gasteiger partial charge in [0, 0.05) is 35.9 Å². The molecular weight excluding hydrogens is 356 g/mol. The van der Waals surface area contributed by atoms with Crippen LogP contribution < -0.4 is 15.4 Å². The Hall–Kier alpha value is -3.19. The molecule has 0 radical (unpaired) electrons. The van der Waals surface area contributed by atoms with Crippen LogP contribution >= 0.6 is 0 Å². The molecule has 0 spiro atoms. The van der Waals surface area contributed by atoms with Crippen molar-refractivity contribution in [3.8, 4) is 5.75 Å². The molecule has 1 fully saturated rings. The highest BCUT2D eigenvalue weighted by atomic mass is 16.5. The first-order chi connectivity index (χ1) is 13.7. The van der Waals surface area contributed by atoms with Gasteiger partial charge in [0.2, 0.25) is 0 Å². The zero-order chi connectivity index (χ0) is 19.3. The van der Waals surface area contributed by atoms with Crippen LogP contribution in [0.25, 0.3) is 10.9 Å². The average molecular weight is 378 g/mol. The van der Waals surface area contributed by atoms with E-state index in [1.165, 1.54) is 0 Å². The Morgan fingerprint density at radius 2 is 2.14 bits per heavy atom. The molecule has 3 heterocycles. The van der Waals surface area contributed by atoms with Crippen molar-refractivity contribution in [1.29, 1.82) is 0 Å². The van der Waals surface area contributed by atoms with Gasteiger partial charge in [0.25, 0.3) is 0 Å². The summed E-state index contributed by atoms with van der Waals surface area (Å²) < 4.78 is 10.8. The SMILES string of the molecule is COc1ccc2c(NC(=O)Nc3cccc(C4CCCOC4)n3)ccnc2c1. The van der Waals surface area contributed by atoms with Crippen molar-refractivity contribution in [1.82, 2.24) is 9.97 Å². The van der Waals surface area contributed by atoms with Gasteiger partial charge < -0.3 is 14.8 Å². The number of methoxy groups -OCH3 is 1. The van der Waals surface area contributed by atoms with Gasteiger partial charge in [0.05, 0.1) is 24.9 Å². The summed E-state index contributed by atoms with van der Waals surface area (Å²) in [6, 6.07) is 12.6. The number of nitrogens with zero attached hydrogens (tertiary/aromatic N) is 2. The molecule has 2 N–H and O–H groups in total. The summed E-state index contributed by atoms with van der Waals surface area (Å²) in [6.07, 6.45) is 3.73. The van der Waals surface area contributed by atoms with Crippen molar-refractivity contribution in [3.05, 3.63) is 54.4 Å². The molecule has 2 amide bonds. The minimum absolute atomic E-state index is 0.276. The number of ether oxygens (including phenoxy) is 2. The molecule has 1 saturated heterocycles. The Bertz CT molecular complexity index is 986. The fourth-order valence-corrected chi connectivity index (χ4v) is 3.36. The maximum atomic E-state index is 12.5. The molecule has 3 aromatic rings. The van der Waals surface area contributed by atoms with E-state index < -0.39 is 0 Å². The molecule has 144 valence electrons. The molecule has 1 aliphatic rings. The predicted molar refractivity (Wildman–Crippen MR) is 108 cm³/mol. The summed E-state index contributed by atoms with van der Waals surface area (Å²) in [5, 5.41) is 6.52. The third-order valence-corrected chi connectivity index (χ3v) is 4.79. The number of carbonyl (C=O) groups excluding carboxylic acids is 1. The lowest BCUT2D eigenvalue weighted by molar-refractivity contribution is 0.0793. The molecule has 7 heteroatoms. The van der Waals surface area contributed by atoms with Crippen LogP contribution in [0.1, 0.15) is 24.5 Å². The molecule has 28 heavy (non-hydrogen) atoms. The van der Waals surface area contributed by atoms with Crippen LogP contribution in [0.5, 0.6) is 5.75 Å². The molecule has 7 nitrogen and oxygen atoms in total. The van der Waals surface area contributed by atoms with Crippen molar-refractivity contribution in [3.63, 3.8) is 0 Å². The van der Waals surface area contributed by atoms with E-state index in [0.717, 1.165) is 36.0 Å². The van der Waals surface area contributed by atoms with Crippen LogP contribution in [-0.4, -0.2) is 36.3 Å². The monoisotopic (exact) mass is 378 g/mol. The predicted octanol–water partition coefficient (Wildman–Crippen LogP) is 4.18. The van der Waals surface area contributed by atoms with E-state index in [2.05, 4.69) is 20.6 Å². The molecule has 2 aromatic heterocycles. The van der Waals surface area contributed by atoms with Gasteiger partial charge in [-0.05, 0) is 43.2 Å². The first-order valence-electron chi connectivity index (χ1n) is 9.28. The second-order valence-corrected chi connectivity index (χ2v) is 6.68. The normalized spacial score (nSPS) is 16.5. The molecule has 0 bridgehead atoms. The second kappa shape index (κ2) is 8.22. The van der Waals surface area contributed by atoms with E-state index in [-0.39, 0.29) is 11.9 Å². The van der Waals surface area contributed by atoms with Gasteiger partial charge in [0.15, 0.2) is 0 Å². The number of fused-ring (bicyclic) bond motifs is 1. The van der Waals surface area contributed by atoms with E-state index in [9.17, 15) is 4.79 Å². The summed E-state index contributed by atoms with van der Waals surface area (Å²) >= 11 is 0. The Labute approximate surface area is 163 Å². The molecule has 0 saturated carbocycles. The van der Waals surface area contributed by atoms with Crippen molar-refractivity contribution >= 4 is 28.4 Å². The number of amides is 2. The van der Waals surface area contributed by atoms with Gasteiger partial charge in [-0.25, -0.2) is 9.78 Å². The Morgan fingerprint density at radius 1 is 1.21 bits per heavy atom. The van der Waals surface area contributed by atoms with Crippen LogP contribution in [0.4, 0.5) is 16.3 Å². The number of nitrogens with one attached hydrogen (secondary N) is 2. The Morgan fingerprint density at radius 3 is 2.96 bits per heavy atom. The summed E-state index contributed by atoms with van der Waals surface area (Å²) in [7, 11) is 1.61. The molecule has 4 rings (SSSR count). The molecule has 1 aliphatic heterocycles. The summed E-state index contributed by atoms with van der Waals surface area (Å²) in [6.45, 7) is 1.48. The average Bonchev–Trinajstić information content (AvgIpc) is 2.74. The maximum Gasteiger partial charge on any atom is 0.324 e. The van der Waals surface area contributed by atoms with Crippen molar-refractivity contribution < 1.29 is 14.3 Å². The highest BCUT2D eigenvalue weighted by molar-refractivity contribution is 6.05. The molecular formula is C21H22N4O3. The standard InChI is InChI=1S/C21H22N4O3/c1-27-15-7-8-16-18(9-10-22-19(16)12-15)24-21(26)25-20-6-2-5-17(23-20)14-4-3-11-28-13-14/h2,5-10,12,14H,3-4,11,13H2,1H3,(H2,22,23,24,25,26). The first kappa shape index (κ1) is 18.2. The van der Waals surface area contributed by atoms with Gasteiger partial charge in [-0.2, -0.15) is 0 Å². The maximum absolute atomic E-state index is 12.5. The number of aromatic nitrogens is 2. The van der Waals surface area contributed by atoms with Crippen LogP contribution in [0, 0.1) is 0 Å². The number of anilines is 2. The van der Waals surface area contributed by atoms with Gasteiger partial charge in [0.1, 0.15) is 11.6 Å². The number of carbonyl (C=O) groups is 1. The third kappa shape index (κ3) is 4.04. The topological polar surface area (TPSA) is 85.4 Å². The van der Waals surface area contributed by atoms with E-state index in [1.54, 1.807) is 25.4 Å². The fourth-order valence-electron chi connectivity index (χ4n) is 3.36. The minimum Gasteiger partial charge on any atom is -0.497 e. The van der Waals surface area contributed by atoms with Crippen molar-refractivity contribution in [2.24, 2.45) is 0 Å². The summed E-state index contributed by atoms with van der Waals surface area (Å²) in [4.78, 5) is 21.4. The van der Waals surface area contributed by atoms with E-state index in [0.29, 0.717) is 23.9 Å². The smallest absolute Gasteiger partial charge is 0.324 e. The fraction of sp³-hybridized carbons (Fsp3) is 0.286. The molecule has 1 unspecified atom stereocenters. The molecule has 0 aliphatic carbocycles.